The molecule has 0 atom stereocenters. The standard InChI is InChI=1S/C17H20F2N2O2S/c18-17(19)24-12-15-7-6-14(23-15)11-20-9-8-16(22)21-10-13-4-2-1-3-5-13/h1-7,17,20H,8-12H2,(H,21,22). The molecule has 1 heterocycles. The minimum absolute atomic E-state index is 0.0279. The molecule has 0 aliphatic rings. The van der Waals surface area contributed by atoms with E-state index in [1.54, 1.807) is 12.1 Å². The smallest absolute Gasteiger partial charge is 0.284 e. The molecule has 4 nitrogen and oxygen atoms in total. The molecule has 2 aromatic rings. The molecule has 0 spiro atoms. The Bertz CT molecular complexity index is 620. The first-order valence-corrected chi connectivity index (χ1v) is 8.67. The van der Waals surface area contributed by atoms with Crippen molar-refractivity contribution in [2.75, 3.05) is 6.54 Å². The lowest BCUT2D eigenvalue weighted by Crippen LogP contribution is -2.27. The van der Waals surface area contributed by atoms with Crippen molar-refractivity contribution in [1.82, 2.24) is 10.6 Å². The van der Waals surface area contributed by atoms with Crippen LogP contribution in [-0.2, 0) is 23.6 Å². The van der Waals surface area contributed by atoms with Gasteiger partial charge in [-0.15, -0.1) is 0 Å². The second-order valence-corrected chi connectivity index (χ2v) is 6.11. The van der Waals surface area contributed by atoms with Crippen LogP contribution in [0.2, 0.25) is 0 Å². The Labute approximate surface area is 144 Å². The molecule has 0 unspecified atom stereocenters. The Morgan fingerprint density at radius 1 is 1.08 bits per heavy atom. The van der Waals surface area contributed by atoms with Gasteiger partial charge in [-0.05, 0) is 17.7 Å². The largest absolute Gasteiger partial charge is 0.464 e. The summed E-state index contributed by atoms with van der Waals surface area (Å²) in [6, 6.07) is 13.2. The highest BCUT2D eigenvalue weighted by molar-refractivity contribution is 7.98. The van der Waals surface area contributed by atoms with E-state index in [0.717, 1.165) is 5.56 Å². The normalized spacial score (nSPS) is 11.0. The molecule has 0 saturated heterocycles. The molecule has 1 amide bonds. The lowest BCUT2D eigenvalue weighted by atomic mass is 10.2. The van der Waals surface area contributed by atoms with E-state index in [1.807, 2.05) is 30.3 Å². The number of thioether (sulfide) groups is 1. The van der Waals surface area contributed by atoms with Crippen LogP contribution in [0, 0.1) is 0 Å². The monoisotopic (exact) mass is 354 g/mol. The zero-order valence-electron chi connectivity index (χ0n) is 13.1. The lowest BCUT2D eigenvalue weighted by Gasteiger charge is -2.06. The van der Waals surface area contributed by atoms with E-state index in [-0.39, 0.29) is 11.7 Å². The number of rotatable bonds is 10. The van der Waals surface area contributed by atoms with Crippen molar-refractivity contribution in [3.8, 4) is 0 Å². The third-order valence-corrected chi connectivity index (χ3v) is 3.93. The molecule has 130 valence electrons. The summed E-state index contributed by atoms with van der Waals surface area (Å²) in [5.74, 6) is -1.08. The topological polar surface area (TPSA) is 54.3 Å². The molecular weight excluding hydrogens is 334 g/mol. The Hall–Kier alpha value is -1.86. The number of nitrogens with one attached hydrogen (secondary N) is 2. The van der Waals surface area contributed by atoms with Gasteiger partial charge in [0.2, 0.25) is 5.91 Å². The minimum atomic E-state index is -2.40. The molecule has 2 N–H and O–H groups in total. The molecule has 0 fully saturated rings. The first kappa shape index (κ1) is 18.5. The average molecular weight is 354 g/mol. The van der Waals surface area contributed by atoms with Crippen molar-refractivity contribution >= 4 is 17.7 Å². The van der Waals surface area contributed by atoms with Crippen molar-refractivity contribution in [1.29, 1.82) is 0 Å². The average Bonchev–Trinajstić information content (AvgIpc) is 3.04. The summed E-state index contributed by atoms with van der Waals surface area (Å²) in [6.07, 6.45) is 0.363. The molecule has 2 rings (SSSR count). The summed E-state index contributed by atoms with van der Waals surface area (Å²) < 4.78 is 29.6. The van der Waals surface area contributed by atoms with Gasteiger partial charge >= 0.3 is 0 Å². The number of hydrogen-bond donors (Lipinski definition) is 2. The highest BCUT2D eigenvalue weighted by atomic mass is 32.2. The Kier molecular flexibility index (Phi) is 7.77. The second kappa shape index (κ2) is 10.1. The third-order valence-electron chi connectivity index (χ3n) is 3.23. The Morgan fingerprint density at radius 2 is 1.83 bits per heavy atom. The molecule has 7 heteroatoms. The van der Waals surface area contributed by atoms with Gasteiger partial charge in [0.25, 0.3) is 5.76 Å². The predicted octanol–water partition coefficient (Wildman–Crippen LogP) is 3.53. The first-order valence-electron chi connectivity index (χ1n) is 7.62. The lowest BCUT2D eigenvalue weighted by molar-refractivity contribution is -0.121. The molecule has 1 aromatic heterocycles. The van der Waals surface area contributed by atoms with Gasteiger partial charge in [-0.3, -0.25) is 4.79 Å². The van der Waals surface area contributed by atoms with Gasteiger partial charge in [-0.1, -0.05) is 42.1 Å². The van der Waals surface area contributed by atoms with Crippen LogP contribution >= 0.6 is 11.8 Å². The van der Waals surface area contributed by atoms with Gasteiger partial charge < -0.3 is 15.1 Å². The van der Waals surface area contributed by atoms with E-state index in [4.69, 9.17) is 4.42 Å². The minimum Gasteiger partial charge on any atom is -0.464 e. The highest BCUT2D eigenvalue weighted by Crippen LogP contribution is 2.21. The molecule has 24 heavy (non-hydrogen) atoms. The van der Waals surface area contributed by atoms with Crippen molar-refractivity contribution in [3.05, 3.63) is 59.5 Å². The molecule has 0 radical (unpaired) electrons. The summed E-state index contributed by atoms with van der Waals surface area (Å²) in [5, 5.41) is 5.95. The summed E-state index contributed by atoms with van der Waals surface area (Å²) in [5.41, 5.74) is 1.06. The molecule has 1 aromatic carbocycles. The number of furan rings is 1. The zero-order valence-corrected chi connectivity index (χ0v) is 14.0. The number of alkyl halides is 2. The quantitative estimate of drug-likeness (QED) is 0.641. The van der Waals surface area contributed by atoms with Gasteiger partial charge in [0.1, 0.15) is 11.5 Å². The maximum absolute atomic E-state index is 12.1. The van der Waals surface area contributed by atoms with E-state index in [1.165, 1.54) is 0 Å². The van der Waals surface area contributed by atoms with Crippen molar-refractivity contribution in [3.63, 3.8) is 0 Å². The highest BCUT2D eigenvalue weighted by Gasteiger charge is 2.07. The number of carbonyl (C=O) groups excluding carboxylic acids is 1. The fraction of sp³-hybridized carbons (Fsp3) is 0.353. The van der Waals surface area contributed by atoms with Crippen LogP contribution in [-0.4, -0.2) is 18.2 Å². The number of hydrogen-bond acceptors (Lipinski definition) is 4. The predicted molar refractivity (Wildman–Crippen MR) is 90.6 cm³/mol. The van der Waals surface area contributed by atoms with Gasteiger partial charge in [-0.25, -0.2) is 0 Å². The summed E-state index contributed by atoms with van der Waals surface area (Å²) in [4.78, 5) is 11.7. The van der Waals surface area contributed by atoms with Crippen LogP contribution in [0.4, 0.5) is 8.78 Å². The molecule has 0 saturated carbocycles. The Morgan fingerprint density at radius 3 is 2.58 bits per heavy atom. The number of halogens is 2. The van der Waals surface area contributed by atoms with E-state index >= 15 is 0 Å². The van der Waals surface area contributed by atoms with Crippen molar-refractivity contribution in [2.45, 2.75) is 31.0 Å². The maximum Gasteiger partial charge on any atom is 0.284 e. The Balaban J connectivity index is 1.58. The van der Waals surface area contributed by atoms with E-state index in [2.05, 4.69) is 10.6 Å². The fourth-order valence-corrected chi connectivity index (χ4v) is 2.48. The van der Waals surface area contributed by atoms with E-state index < -0.39 is 5.76 Å². The number of amides is 1. The van der Waals surface area contributed by atoms with Crippen LogP contribution in [0.15, 0.2) is 46.9 Å². The number of carbonyl (C=O) groups is 1. The summed E-state index contributed by atoms with van der Waals surface area (Å²) in [6.45, 7) is 1.50. The molecule has 0 aliphatic carbocycles. The fourth-order valence-electron chi connectivity index (χ4n) is 2.04. The van der Waals surface area contributed by atoms with Gasteiger partial charge in [-0.2, -0.15) is 8.78 Å². The second-order valence-electron chi connectivity index (χ2n) is 5.13. The third kappa shape index (κ3) is 7.14. The zero-order chi connectivity index (χ0) is 17.2. The van der Waals surface area contributed by atoms with Crippen LogP contribution in [0.1, 0.15) is 23.5 Å². The van der Waals surface area contributed by atoms with Crippen LogP contribution in [0.25, 0.3) is 0 Å². The van der Waals surface area contributed by atoms with Crippen LogP contribution in [0.3, 0.4) is 0 Å². The maximum atomic E-state index is 12.1. The van der Waals surface area contributed by atoms with Crippen molar-refractivity contribution < 1.29 is 18.0 Å². The first-order chi connectivity index (χ1) is 11.6. The number of benzene rings is 1. The van der Waals surface area contributed by atoms with Crippen molar-refractivity contribution in [2.24, 2.45) is 0 Å². The van der Waals surface area contributed by atoms with Crippen LogP contribution in [0.5, 0.6) is 0 Å². The van der Waals surface area contributed by atoms with Gasteiger partial charge in [0.05, 0.1) is 12.3 Å². The molecule has 0 aliphatic heterocycles. The van der Waals surface area contributed by atoms with Gasteiger partial charge in [0.15, 0.2) is 0 Å². The SMILES string of the molecule is O=C(CCNCc1ccc(CSC(F)F)o1)NCc1ccccc1. The molecular formula is C17H20F2N2O2S. The summed E-state index contributed by atoms with van der Waals surface area (Å²) >= 11 is 0.533. The van der Waals surface area contributed by atoms with E-state index in [9.17, 15) is 13.6 Å². The van der Waals surface area contributed by atoms with E-state index in [0.29, 0.717) is 49.3 Å². The molecule has 0 bridgehead atoms. The van der Waals surface area contributed by atoms with Gasteiger partial charge in [0, 0.05) is 19.5 Å². The summed E-state index contributed by atoms with van der Waals surface area (Å²) in [7, 11) is 0. The van der Waals surface area contributed by atoms with Crippen LogP contribution < -0.4 is 10.6 Å².